The van der Waals surface area contributed by atoms with Crippen molar-refractivity contribution in [1.29, 1.82) is 0 Å². The van der Waals surface area contributed by atoms with Crippen LogP contribution in [0.15, 0.2) is 12.1 Å². The van der Waals surface area contributed by atoms with Gasteiger partial charge in [0.1, 0.15) is 5.69 Å². The zero-order valence-corrected chi connectivity index (χ0v) is 20.0. The predicted molar refractivity (Wildman–Crippen MR) is 124 cm³/mol. The van der Waals surface area contributed by atoms with Crippen LogP contribution < -0.4 is 0 Å². The molecule has 7 heteroatoms. The van der Waals surface area contributed by atoms with E-state index in [0.717, 1.165) is 30.0 Å². The summed E-state index contributed by atoms with van der Waals surface area (Å²) in [5.74, 6) is 1.83. The molecule has 172 valence electrons. The highest BCUT2D eigenvalue weighted by molar-refractivity contribution is 6.34. The number of pyridine rings is 1. The number of carbonyl (C=O) groups excluding carboxylic acids is 1. The monoisotopic (exact) mass is 456 g/mol. The number of aromatic nitrogens is 2. The molecule has 4 fully saturated rings. The zero-order chi connectivity index (χ0) is 22.4. The highest BCUT2D eigenvalue weighted by atomic mass is 35.5. The third-order valence-corrected chi connectivity index (χ3v) is 8.89. The second-order valence-electron chi connectivity index (χ2n) is 11.2. The summed E-state index contributed by atoms with van der Waals surface area (Å²) in [6.45, 7) is 8.18. The van der Waals surface area contributed by atoms with Crippen LogP contribution in [0, 0.1) is 11.3 Å². The number of aliphatic hydroxyl groups excluding tert-OH is 1. The Labute approximate surface area is 194 Å². The number of amides is 1. The lowest BCUT2D eigenvalue weighted by molar-refractivity contribution is -0.144. The van der Waals surface area contributed by atoms with E-state index in [4.69, 9.17) is 16.7 Å². The first-order valence-corrected chi connectivity index (χ1v) is 12.6. The molecule has 2 aromatic rings. The standard InChI is InChI=1S/C25H33ClN4O2/c1-14(2)19-8-16(15-4-5-15)9-20-22(26)23(27-30(19)20)24(32)28-6-7-29(21(31)13-28)18-10-17-11-25(17,3)12-18/h8-9,14-15,17-18,24,32H,4-7,10-13H2,1-3H3. The summed E-state index contributed by atoms with van der Waals surface area (Å²) in [5.41, 5.74) is 4.21. The SMILES string of the molecule is CC(C)c1cc(C2CC2)cc2c(Cl)c(C(O)N3CCN(C4CC5CC5(C)C4)C(=O)C3)nn12. The van der Waals surface area contributed by atoms with Gasteiger partial charge in [-0.25, -0.2) is 4.52 Å². The minimum Gasteiger partial charge on any atom is -0.372 e. The van der Waals surface area contributed by atoms with Gasteiger partial charge in [0, 0.05) is 24.8 Å². The molecular weight excluding hydrogens is 424 g/mol. The molecule has 6 nitrogen and oxygen atoms in total. The van der Waals surface area contributed by atoms with Gasteiger partial charge in [0.05, 0.1) is 17.1 Å². The van der Waals surface area contributed by atoms with Gasteiger partial charge in [0.15, 0.2) is 6.23 Å². The molecule has 32 heavy (non-hydrogen) atoms. The van der Waals surface area contributed by atoms with Crippen molar-refractivity contribution in [2.45, 2.75) is 77.0 Å². The number of halogens is 1. The number of aliphatic hydroxyl groups is 1. The molecule has 3 aliphatic carbocycles. The molecular formula is C25H33ClN4O2. The van der Waals surface area contributed by atoms with E-state index < -0.39 is 6.23 Å². The van der Waals surface area contributed by atoms with Crippen LogP contribution in [0.2, 0.25) is 5.02 Å². The number of fused-ring (bicyclic) bond motifs is 2. The summed E-state index contributed by atoms with van der Waals surface area (Å²) in [4.78, 5) is 16.9. The van der Waals surface area contributed by atoms with Gasteiger partial charge in [-0.05, 0) is 73.0 Å². The topological polar surface area (TPSA) is 61.1 Å². The number of rotatable bonds is 5. The fourth-order valence-corrected chi connectivity index (χ4v) is 6.46. The van der Waals surface area contributed by atoms with Gasteiger partial charge in [-0.15, -0.1) is 0 Å². The second kappa shape index (κ2) is 7.18. The Morgan fingerprint density at radius 1 is 1.22 bits per heavy atom. The van der Waals surface area contributed by atoms with Crippen molar-refractivity contribution in [3.63, 3.8) is 0 Å². The van der Waals surface area contributed by atoms with E-state index in [-0.39, 0.29) is 12.5 Å². The van der Waals surface area contributed by atoms with E-state index in [1.807, 2.05) is 9.42 Å². The first kappa shape index (κ1) is 20.9. The molecule has 6 rings (SSSR count). The number of hydrogen-bond acceptors (Lipinski definition) is 4. The predicted octanol–water partition coefficient (Wildman–Crippen LogP) is 4.31. The van der Waals surface area contributed by atoms with Crippen LogP contribution >= 0.6 is 11.6 Å². The largest absolute Gasteiger partial charge is 0.372 e. The fourth-order valence-electron chi connectivity index (χ4n) is 6.19. The zero-order valence-electron chi connectivity index (χ0n) is 19.2. The van der Waals surface area contributed by atoms with Gasteiger partial charge < -0.3 is 10.0 Å². The Bertz CT molecular complexity index is 1090. The van der Waals surface area contributed by atoms with Gasteiger partial charge in [0.2, 0.25) is 5.91 Å². The van der Waals surface area contributed by atoms with Crippen LogP contribution in [0.3, 0.4) is 0 Å². The average Bonchev–Trinajstić information content (AvgIpc) is 3.65. The average molecular weight is 457 g/mol. The molecule has 0 aromatic carbocycles. The van der Waals surface area contributed by atoms with Crippen molar-refractivity contribution in [2.24, 2.45) is 11.3 Å². The Hall–Kier alpha value is -1.63. The summed E-state index contributed by atoms with van der Waals surface area (Å²) >= 11 is 6.78. The molecule has 0 bridgehead atoms. The first-order chi connectivity index (χ1) is 15.2. The third-order valence-electron chi connectivity index (χ3n) is 8.50. The molecule has 3 heterocycles. The van der Waals surface area contributed by atoms with Crippen molar-refractivity contribution >= 4 is 23.0 Å². The molecule has 4 atom stereocenters. The summed E-state index contributed by atoms with van der Waals surface area (Å²) < 4.78 is 1.89. The maximum atomic E-state index is 13.0. The van der Waals surface area contributed by atoms with Crippen LogP contribution in [-0.2, 0) is 4.79 Å². The Kier molecular flexibility index (Phi) is 4.70. The lowest BCUT2D eigenvalue weighted by atomic mass is 10.0. The molecule has 1 amide bonds. The summed E-state index contributed by atoms with van der Waals surface area (Å²) in [7, 11) is 0. The van der Waals surface area contributed by atoms with Crippen LogP contribution in [0.4, 0.5) is 0 Å². The van der Waals surface area contributed by atoms with E-state index in [2.05, 4.69) is 37.8 Å². The van der Waals surface area contributed by atoms with E-state index in [1.54, 1.807) is 0 Å². The van der Waals surface area contributed by atoms with E-state index in [9.17, 15) is 9.90 Å². The summed E-state index contributed by atoms with van der Waals surface area (Å²) in [5, 5.41) is 16.4. The molecule has 1 N–H and O–H groups in total. The van der Waals surface area contributed by atoms with Crippen molar-refractivity contribution in [3.8, 4) is 0 Å². The van der Waals surface area contributed by atoms with Crippen molar-refractivity contribution in [2.75, 3.05) is 19.6 Å². The van der Waals surface area contributed by atoms with Gasteiger partial charge in [-0.2, -0.15) is 5.10 Å². The van der Waals surface area contributed by atoms with Crippen molar-refractivity contribution in [1.82, 2.24) is 19.4 Å². The van der Waals surface area contributed by atoms with E-state index in [0.29, 0.717) is 47.1 Å². The maximum Gasteiger partial charge on any atom is 0.237 e. The smallest absolute Gasteiger partial charge is 0.237 e. The Balaban J connectivity index is 1.24. The lowest BCUT2D eigenvalue weighted by Crippen LogP contribution is -2.54. The molecule has 1 saturated heterocycles. The minimum absolute atomic E-state index is 0.115. The van der Waals surface area contributed by atoms with Gasteiger partial charge in [0.25, 0.3) is 0 Å². The number of piperazine rings is 1. The summed E-state index contributed by atoms with van der Waals surface area (Å²) in [6, 6.07) is 4.74. The third kappa shape index (κ3) is 3.29. The maximum absolute atomic E-state index is 13.0. The molecule has 0 radical (unpaired) electrons. The second-order valence-corrected chi connectivity index (χ2v) is 11.6. The molecule has 3 saturated carbocycles. The number of nitrogens with zero attached hydrogens (tertiary/aromatic N) is 4. The van der Waals surface area contributed by atoms with Crippen LogP contribution in [0.5, 0.6) is 0 Å². The van der Waals surface area contributed by atoms with Crippen molar-refractivity contribution < 1.29 is 9.90 Å². The van der Waals surface area contributed by atoms with Crippen LogP contribution in [0.25, 0.3) is 5.52 Å². The lowest BCUT2D eigenvalue weighted by Gasteiger charge is -2.40. The molecule has 4 aliphatic rings. The molecule has 4 unspecified atom stereocenters. The highest BCUT2D eigenvalue weighted by Gasteiger charge is 2.58. The van der Waals surface area contributed by atoms with Crippen LogP contribution in [0.1, 0.15) is 87.9 Å². The highest BCUT2D eigenvalue weighted by Crippen LogP contribution is 2.64. The molecule has 2 aromatic heterocycles. The first-order valence-electron chi connectivity index (χ1n) is 12.2. The Morgan fingerprint density at radius 2 is 2.00 bits per heavy atom. The van der Waals surface area contributed by atoms with E-state index in [1.165, 1.54) is 24.8 Å². The van der Waals surface area contributed by atoms with Crippen molar-refractivity contribution in [3.05, 3.63) is 34.1 Å². The number of carbonyl (C=O) groups is 1. The van der Waals surface area contributed by atoms with Gasteiger partial charge >= 0.3 is 0 Å². The molecule has 0 spiro atoms. The molecule has 1 aliphatic heterocycles. The normalized spacial score (nSPS) is 31.6. The Morgan fingerprint density at radius 3 is 2.62 bits per heavy atom. The number of hydrogen-bond donors (Lipinski definition) is 1. The summed E-state index contributed by atoms with van der Waals surface area (Å²) in [6.07, 6.45) is 5.07. The minimum atomic E-state index is -0.979. The fraction of sp³-hybridized carbons (Fsp3) is 0.680. The van der Waals surface area contributed by atoms with Crippen LogP contribution in [-0.4, -0.2) is 56.1 Å². The van der Waals surface area contributed by atoms with Gasteiger partial charge in [-0.3, -0.25) is 9.69 Å². The van der Waals surface area contributed by atoms with E-state index >= 15 is 0 Å². The van der Waals surface area contributed by atoms with Gasteiger partial charge in [-0.1, -0.05) is 32.4 Å². The quantitative estimate of drug-likeness (QED) is 0.728.